The first-order valence-corrected chi connectivity index (χ1v) is 9.50. The van der Waals surface area contributed by atoms with E-state index in [9.17, 15) is 14.4 Å². The average Bonchev–Trinajstić information content (AvgIpc) is 2.68. The number of hydrogen-bond donors (Lipinski definition) is 3. The van der Waals surface area contributed by atoms with Gasteiger partial charge in [0.25, 0.3) is 5.91 Å². The Hall–Kier alpha value is -3.35. The van der Waals surface area contributed by atoms with Crippen LogP contribution in [0, 0.1) is 0 Å². The standard InChI is InChI=1S/C22H27N3O4/c1-14(2)17-10-12-19(13-11-17)24-20(26)16(4)29-21(27)15(3)23-22(28)25-18-8-6-5-7-9-18/h5-16H,1-4H3,(H,24,26)(H2,23,25,28)/t15-,16-/m0/s1. The third-order valence-electron chi connectivity index (χ3n) is 4.24. The normalized spacial score (nSPS) is 12.6. The molecule has 0 radical (unpaired) electrons. The maximum atomic E-state index is 12.3. The minimum absolute atomic E-state index is 0.396. The molecule has 0 fully saturated rings. The molecule has 0 saturated heterocycles. The van der Waals surface area contributed by atoms with Crippen LogP contribution in [0.5, 0.6) is 0 Å². The van der Waals surface area contributed by atoms with Gasteiger partial charge in [-0.2, -0.15) is 0 Å². The van der Waals surface area contributed by atoms with Crippen LogP contribution in [-0.4, -0.2) is 30.1 Å². The second-order valence-electron chi connectivity index (χ2n) is 7.03. The van der Waals surface area contributed by atoms with Crippen LogP contribution in [0.4, 0.5) is 16.2 Å². The van der Waals surface area contributed by atoms with Crippen molar-refractivity contribution in [3.05, 3.63) is 60.2 Å². The van der Waals surface area contributed by atoms with E-state index in [1.807, 2.05) is 18.2 Å². The molecule has 0 saturated carbocycles. The van der Waals surface area contributed by atoms with Gasteiger partial charge in [-0.3, -0.25) is 4.79 Å². The Bertz CT molecular complexity index is 835. The lowest BCUT2D eigenvalue weighted by atomic mass is 10.0. The number of urea groups is 1. The second-order valence-corrected chi connectivity index (χ2v) is 7.03. The molecule has 0 aliphatic rings. The zero-order valence-electron chi connectivity index (χ0n) is 17.1. The van der Waals surface area contributed by atoms with Crippen molar-refractivity contribution in [3.8, 4) is 0 Å². The van der Waals surface area contributed by atoms with Crippen LogP contribution in [0.1, 0.15) is 39.2 Å². The van der Waals surface area contributed by atoms with Gasteiger partial charge in [0.2, 0.25) is 0 Å². The van der Waals surface area contributed by atoms with Gasteiger partial charge < -0.3 is 20.7 Å². The summed E-state index contributed by atoms with van der Waals surface area (Å²) in [5.74, 6) is -0.754. The zero-order chi connectivity index (χ0) is 21.4. The zero-order valence-corrected chi connectivity index (χ0v) is 17.1. The Kier molecular flexibility index (Phi) is 7.77. The first kappa shape index (κ1) is 21.9. The predicted octanol–water partition coefficient (Wildman–Crippen LogP) is 3.89. The molecule has 2 atom stereocenters. The Morgan fingerprint density at radius 3 is 1.97 bits per heavy atom. The van der Waals surface area contributed by atoms with Crippen molar-refractivity contribution >= 4 is 29.3 Å². The summed E-state index contributed by atoms with van der Waals surface area (Å²) in [6.45, 7) is 7.14. The Balaban J connectivity index is 1.81. The van der Waals surface area contributed by atoms with E-state index in [1.165, 1.54) is 13.8 Å². The van der Waals surface area contributed by atoms with Gasteiger partial charge in [0.05, 0.1) is 0 Å². The van der Waals surface area contributed by atoms with Crippen LogP contribution in [0.3, 0.4) is 0 Å². The van der Waals surface area contributed by atoms with Crippen LogP contribution < -0.4 is 16.0 Å². The lowest BCUT2D eigenvalue weighted by molar-refractivity contribution is -0.154. The highest BCUT2D eigenvalue weighted by molar-refractivity contribution is 5.96. The van der Waals surface area contributed by atoms with Gasteiger partial charge in [-0.1, -0.05) is 44.2 Å². The number of benzene rings is 2. The molecule has 154 valence electrons. The minimum atomic E-state index is -1.01. The highest BCUT2D eigenvalue weighted by Gasteiger charge is 2.23. The monoisotopic (exact) mass is 397 g/mol. The summed E-state index contributed by atoms with van der Waals surface area (Å²) in [7, 11) is 0. The number of amides is 3. The Labute approximate surface area is 170 Å². The largest absolute Gasteiger partial charge is 0.451 e. The van der Waals surface area contributed by atoms with E-state index in [0.29, 0.717) is 17.3 Å². The molecule has 0 spiro atoms. The number of rotatable bonds is 7. The lowest BCUT2D eigenvalue weighted by Gasteiger charge is -2.18. The quantitative estimate of drug-likeness (QED) is 0.618. The molecule has 0 aliphatic heterocycles. The summed E-state index contributed by atoms with van der Waals surface area (Å²) in [6, 6.07) is 14.9. The summed E-state index contributed by atoms with van der Waals surface area (Å²) >= 11 is 0. The number of ether oxygens (including phenoxy) is 1. The molecular weight excluding hydrogens is 370 g/mol. The third kappa shape index (κ3) is 6.95. The summed E-state index contributed by atoms with van der Waals surface area (Å²) in [4.78, 5) is 36.4. The molecule has 7 nitrogen and oxygen atoms in total. The summed E-state index contributed by atoms with van der Waals surface area (Å²) in [6.07, 6.45) is -1.01. The molecule has 0 bridgehead atoms. The van der Waals surface area contributed by atoms with E-state index in [1.54, 1.807) is 36.4 Å². The average molecular weight is 397 g/mol. The first-order valence-electron chi connectivity index (χ1n) is 9.50. The maximum absolute atomic E-state index is 12.3. The van der Waals surface area contributed by atoms with Gasteiger partial charge in [0.15, 0.2) is 6.10 Å². The summed E-state index contributed by atoms with van der Waals surface area (Å²) in [5, 5.41) is 7.80. The van der Waals surface area contributed by atoms with Gasteiger partial charge in [-0.15, -0.1) is 0 Å². The Morgan fingerprint density at radius 2 is 1.38 bits per heavy atom. The topological polar surface area (TPSA) is 96.5 Å². The SMILES string of the molecule is CC(C)c1ccc(NC(=O)[C@H](C)OC(=O)[C@H](C)NC(=O)Nc2ccccc2)cc1. The predicted molar refractivity (Wildman–Crippen MR) is 113 cm³/mol. The van der Waals surface area contributed by atoms with Crippen molar-refractivity contribution in [2.45, 2.75) is 45.8 Å². The molecule has 3 N–H and O–H groups in total. The van der Waals surface area contributed by atoms with E-state index in [2.05, 4.69) is 29.8 Å². The van der Waals surface area contributed by atoms with Crippen molar-refractivity contribution < 1.29 is 19.1 Å². The fraction of sp³-hybridized carbons (Fsp3) is 0.318. The van der Waals surface area contributed by atoms with Crippen LogP contribution in [0.2, 0.25) is 0 Å². The van der Waals surface area contributed by atoms with Crippen LogP contribution in [-0.2, 0) is 14.3 Å². The molecule has 0 heterocycles. The second kappa shape index (κ2) is 10.3. The number of esters is 1. The number of nitrogens with one attached hydrogen (secondary N) is 3. The smallest absolute Gasteiger partial charge is 0.329 e. The lowest BCUT2D eigenvalue weighted by Crippen LogP contribution is -2.44. The molecule has 3 amide bonds. The van der Waals surface area contributed by atoms with Gasteiger partial charge in [0, 0.05) is 11.4 Å². The fourth-order valence-corrected chi connectivity index (χ4v) is 2.47. The molecule has 2 aromatic rings. The van der Waals surface area contributed by atoms with E-state index in [-0.39, 0.29) is 0 Å². The highest BCUT2D eigenvalue weighted by Crippen LogP contribution is 2.17. The number of anilines is 2. The number of para-hydroxylation sites is 1. The summed E-state index contributed by atoms with van der Waals surface area (Å²) < 4.78 is 5.17. The van der Waals surface area contributed by atoms with Crippen molar-refractivity contribution in [2.24, 2.45) is 0 Å². The van der Waals surface area contributed by atoms with E-state index in [4.69, 9.17) is 4.74 Å². The molecule has 0 aliphatic carbocycles. The molecule has 0 aromatic heterocycles. The fourth-order valence-electron chi connectivity index (χ4n) is 2.47. The maximum Gasteiger partial charge on any atom is 0.329 e. The third-order valence-corrected chi connectivity index (χ3v) is 4.24. The minimum Gasteiger partial charge on any atom is -0.451 e. The van der Waals surface area contributed by atoms with Crippen molar-refractivity contribution in [1.29, 1.82) is 0 Å². The van der Waals surface area contributed by atoms with Crippen LogP contribution in [0.25, 0.3) is 0 Å². The van der Waals surface area contributed by atoms with E-state index in [0.717, 1.165) is 5.56 Å². The van der Waals surface area contributed by atoms with Gasteiger partial charge >= 0.3 is 12.0 Å². The first-order chi connectivity index (χ1) is 13.8. The molecule has 7 heteroatoms. The van der Waals surface area contributed by atoms with Crippen molar-refractivity contribution in [1.82, 2.24) is 5.32 Å². The van der Waals surface area contributed by atoms with Crippen LogP contribution >= 0.6 is 0 Å². The van der Waals surface area contributed by atoms with Crippen LogP contribution in [0.15, 0.2) is 54.6 Å². The van der Waals surface area contributed by atoms with Crippen molar-refractivity contribution in [3.63, 3.8) is 0 Å². The van der Waals surface area contributed by atoms with E-state index < -0.39 is 30.1 Å². The summed E-state index contributed by atoms with van der Waals surface area (Å²) in [5.41, 5.74) is 2.38. The van der Waals surface area contributed by atoms with Crippen molar-refractivity contribution in [2.75, 3.05) is 10.6 Å². The number of hydrogen-bond acceptors (Lipinski definition) is 4. The van der Waals surface area contributed by atoms with E-state index >= 15 is 0 Å². The number of carbonyl (C=O) groups is 3. The highest BCUT2D eigenvalue weighted by atomic mass is 16.5. The van der Waals surface area contributed by atoms with Gasteiger partial charge in [0.1, 0.15) is 6.04 Å². The van der Waals surface area contributed by atoms with Gasteiger partial charge in [-0.05, 0) is 49.6 Å². The molecular formula is C22H27N3O4. The van der Waals surface area contributed by atoms with Gasteiger partial charge in [-0.25, -0.2) is 9.59 Å². The molecule has 0 unspecified atom stereocenters. The molecule has 29 heavy (non-hydrogen) atoms. The molecule has 2 rings (SSSR count). The number of carbonyl (C=O) groups excluding carboxylic acids is 3. The molecule has 2 aromatic carbocycles. The Morgan fingerprint density at radius 1 is 0.793 bits per heavy atom.